The molecular weight excluding hydrogens is 959 g/mol. The van der Waals surface area contributed by atoms with Crippen LogP contribution in [-0.4, -0.2) is 180 Å². The van der Waals surface area contributed by atoms with E-state index in [-0.39, 0.29) is 48.9 Å². The number of rotatable bonds is 22. The summed E-state index contributed by atoms with van der Waals surface area (Å²) in [6.07, 6.45) is 15.9. The average molecular weight is 1060 g/mol. The second kappa shape index (κ2) is 36.2. The normalized spacial score (nSPS) is 28.9. The predicted molar refractivity (Wildman–Crippen MR) is 296 cm³/mol. The van der Waals surface area contributed by atoms with E-state index in [0.717, 1.165) is 18.4 Å². The Morgan fingerprint density at radius 3 is 2.09 bits per heavy atom. The third kappa shape index (κ3) is 25.4. The summed E-state index contributed by atoms with van der Waals surface area (Å²) in [6.45, 7) is 19.1. The number of carbonyl (C=O) groups is 4. The number of nitrogens with zero attached hydrogens (tertiary/aromatic N) is 3. The summed E-state index contributed by atoms with van der Waals surface area (Å²) < 4.78 is 41.6. The van der Waals surface area contributed by atoms with Crippen molar-refractivity contribution < 1.29 is 62.5 Å². The Balaban J connectivity index is 3.69. The van der Waals surface area contributed by atoms with Crippen molar-refractivity contribution in [2.24, 2.45) is 41.4 Å². The highest BCUT2D eigenvalue weighted by molar-refractivity contribution is 5.82. The highest BCUT2D eigenvalue weighted by Crippen LogP contribution is 2.32. The molecule has 0 radical (unpaired) electrons. The largest absolute Gasteiger partial charge is 0.462 e. The molecule has 0 aliphatic carbocycles. The number of carbonyl (C=O) groups excluding carboxylic acids is 4. The van der Waals surface area contributed by atoms with Crippen molar-refractivity contribution in [2.75, 3.05) is 70.2 Å². The van der Waals surface area contributed by atoms with Gasteiger partial charge in [-0.1, -0.05) is 91.0 Å². The first-order valence-corrected chi connectivity index (χ1v) is 27.2. The molecule has 0 spiro atoms. The van der Waals surface area contributed by atoms with Crippen LogP contribution in [0.4, 0.5) is 0 Å². The Morgan fingerprint density at radius 1 is 0.853 bits per heavy atom. The van der Waals surface area contributed by atoms with Crippen molar-refractivity contribution in [3.8, 4) is 0 Å². The summed E-state index contributed by atoms with van der Waals surface area (Å²) in [5.74, 6) is -3.73. The topological polar surface area (TPSA) is 183 Å². The summed E-state index contributed by atoms with van der Waals surface area (Å²) in [6, 6.07) is -1.18. The highest BCUT2D eigenvalue weighted by atomic mass is 16.6. The van der Waals surface area contributed by atoms with E-state index in [9.17, 15) is 29.4 Å². The molecule has 0 amide bonds. The van der Waals surface area contributed by atoms with E-state index in [1.165, 1.54) is 20.1 Å². The maximum absolute atomic E-state index is 13.6. The van der Waals surface area contributed by atoms with Crippen molar-refractivity contribution >= 4 is 23.9 Å². The van der Waals surface area contributed by atoms with Crippen LogP contribution < -0.4 is 0 Å². The van der Waals surface area contributed by atoms with Gasteiger partial charge in [0.2, 0.25) is 0 Å². The third-order valence-electron chi connectivity index (χ3n) is 15.1. The highest BCUT2D eigenvalue weighted by Gasteiger charge is 2.38. The van der Waals surface area contributed by atoms with Crippen molar-refractivity contribution in [1.82, 2.24) is 14.7 Å². The van der Waals surface area contributed by atoms with Crippen LogP contribution in [0, 0.1) is 41.4 Å². The lowest BCUT2D eigenvalue weighted by atomic mass is 9.82. The molecule has 2 N–H and O–H groups in total. The monoisotopic (exact) mass is 1060 g/mol. The summed E-state index contributed by atoms with van der Waals surface area (Å²) in [5, 5.41) is 23.8. The number of esters is 4. The Bertz CT molecular complexity index is 1820. The Morgan fingerprint density at radius 2 is 1.52 bits per heavy atom. The molecule has 0 unspecified atom stereocenters. The second-order valence-electron chi connectivity index (χ2n) is 22.1. The van der Waals surface area contributed by atoms with E-state index in [2.05, 4.69) is 19.9 Å². The minimum Gasteiger partial charge on any atom is -0.462 e. The van der Waals surface area contributed by atoms with Gasteiger partial charge in [0, 0.05) is 84.9 Å². The van der Waals surface area contributed by atoms with Crippen LogP contribution in [0.25, 0.3) is 0 Å². The molecule has 0 fully saturated rings. The van der Waals surface area contributed by atoms with Gasteiger partial charge in [0.15, 0.2) is 0 Å². The molecule has 16 nitrogen and oxygen atoms in total. The van der Waals surface area contributed by atoms with Crippen LogP contribution in [0.2, 0.25) is 0 Å². The van der Waals surface area contributed by atoms with E-state index in [1.54, 1.807) is 77.4 Å². The molecule has 432 valence electrons. The smallest absolute Gasteiger partial charge is 0.331 e. The van der Waals surface area contributed by atoms with Crippen molar-refractivity contribution in [3.63, 3.8) is 0 Å². The number of likely N-dealkylation sites (N-methyl/N-ethyl adjacent to an activating group) is 2. The number of hydrogen-bond donors (Lipinski definition) is 2. The maximum Gasteiger partial charge on any atom is 0.331 e. The second-order valence-corrected chi connectivity index (χ2v) is 22.1. The van der Waals surface area contributed by atoms with Gasteiger partial charge < -0.3 is 48.3 Å². The zero-order chi connectivity index (χ0) is 57.1. The van der Waals surface area contributed by atoms with E-state index < -0.39 is 90.3 Å². The van der Waals surface area contributed by atoms with E-state index in [1.807, 2.05) is 85.0 Å². The Hall–Kier alpha value is -3.90. The first-order valence-electron chi connectivity index (χ1n) is 27.2. The number of ether oxygens (including phenoxy) is 7. The Kier molecular flexibility index (Phi) is 33.4. The van der Waals surface area contributed by atoms with Gasteiger partial charge in [-0.15, -0.1) is 0 Å². The van der Waals surface area contributed by atoms with Gasteiger partial charge in [0.25, 0.3) is 0 Å². The van der Waals surface area contributed by atoms with Gasteiger partial charge in [-0.05, 0) is 110 Å². The zero-order valence-corrected chi connectivity index (χ0v) is 49.6. The lowest BCUT2D eigenvalue weighted by Gasteiger charge is -2.35. The Labute approximate surface area is 453 Å². The standard InChI is InChI=1S/C59H103N3O13/c1-38-28-29-39(2)50(71-19)32-30-40(3)56(66)44(7)52(75-59(68)49(37-69-17)62(15)16)25-21-20-22-27-54(64)73-51(26-23-24-48(36-38)70-18)43(6)55(65)41(4)31-33-53(74-58(67)46(9)61(13)14)45(8)57(72-47(10)63)42(5)34-35-60(11)12/h20-24,27,29,34-35,38,40-46,48-53,55-57,65-66H,25-26,28,30-33,36-37H2,1-19H3/b21-20+,24-23+,27-22+,35-34+,39-29+/t38-,40-,41+,42-,43-,44-,45+,46+,48+,49+,50+,51+,52-,53-,55+,56-,57-/m1/s1. The molecule has 17 atom stereocenters. The molecule has 1 heterocycles. The lowest BCUT2D eigenvalue weighted by molar-refractivity contribution is -0.166. The summed E-state index contributed by atoms with van der Waals surface area (Å²) in [7, 11) is 15.9. The molecule has 1 aliphatic heterocycles. The van der Waals surface area contributed by atoms with Crippen LogP contribution >= 0.6 is 0 Å². The number of allylic oxidation sites excluding steroid dienone is 3. The number of cyclic esters (lactones) is 1. The van der Waals surface area contributed by atoms with Crippen molar-refractivity contribution in [1.29, 1.82) is 0 Å². The maximum atomic E-state index is 13.6. The summed E-state index contributed by atoms with van der Waals surface area (Å²) >= 11 is 0. The molecule has 0 bridgehead atoms. The fraction of sp³-hybridized carbons (Fsp3) is 0.763. The molecule has 1 aliphatic rings. The van der Waals surface area contributed by atoms with Crippen LogP contribution in [0.3, 0.4) is 0 Å². The molecule has 75 heavy (non-hydrogen) atoms. The molecule has 0 saturated heterocycles. The molecule has 0 aromatic carbocycles. The van der Waals surface area contributed by atoms with Crippen LogP contribution in [-0.2, 0) is 52.3 Å². The minimum absolute atomic E-state index is 0.132. The van der Waals surface area contributed by atoms with Gasteiger partial charge in [-0.25, -0.2) is 4.79 Å². The van der Waals surface area contributed by atoms with Crippen molar-refractivity contribution in [2.45, 2.75) is 182 Å². The number of aliphatic hydroxyl groups is 2. The van der Waals surface area contributed by atoms with Crippen LogP contribution in [0.1, 0.15) is 121 Å². The first-order chi connectivity index (χ1) is 35.2. The van der Waals surface area contributed by atoms with Crippen LogP contribution in [0.5, 0.6) is 0 Å². The summed E-state index contributed by atoms with van der Waals surface area (Å²) in [5.41, 5.74) is 1.11. The van der Waals surface area contributed by atoms with Crippen molar-refractivity contribution in [3.05, 3.63) is 60.4 Å². The minimum atomic E-state index is -0.939. The fourth-order valence-corrected chi connectivity index (χ4v) is 9.39. The van der Waals surface area contributed by atoms with Gasteiger partial charge in [-0.2, -0.15) is 0 Å². The molecule has 0 saturated carbocycles. The zero-order valence-electron chi connectivity index (χ0n) is 49.6. The number of methoxy groups -OCH3 is 3. The van der Waals surface area contributed by atoms with Gasteiger partial charge in [0.1, 0.15) is 36.5 Å². The third-order valence-corrected chi connectivity index (χ3v) is 15.1. The molecular formula is C59H103N3O13. The van der Waals surface area contributed by atoms with E-state index in [0.29, 0.717) is 32.1 Å². The number of hydrogen-bond acceptors (Lipinski definition) is 16. The lowest BCUT2D eigenvalue weighted by Crippen LogP contribution is -2.44. The molecule has 1 rings (SSSR count). The fourth-order valence-electron chi connectivity index (χ4n) is 9.39. The quantitative estimate of drug-likeness (QED) is 0.0601. The van der Waals surface area contributed by atoms with E-state index >= 15 is 0 Å². The van der Waals surface area contributed by atoms with Gasteiger partial charge in [0.05, 0.1) is 31.0 Å². The predicted octanol–water partition coefficient (Wildman–Crippen LogP) is 8.21. The number of aliphatic hydroxyl groups excluding tert-OH is 2. The molecule has 0 aromatic rings. The average Bonchev–Trinajstić information content (AvgIpc) is 3.35. The van der Waals surface area contributed by atoms with E-state index in [4.69, 9.17) is 33.2 Å². The SMILES string of the molecule is COC[C@@H](C(=O)O[C@@H]1C/C=C/C=C/C(=O)O[C@H]([C@@H](C)[C@@H](O)[C@@H](C)CC[C@@H](OC(=O)[C@H](C)N(C)C)[C@H](C)[C@H](OC(C)=O)[C@H](C)/C=C/N(C)C)C/C=C/[C@H](OC)C[C@H](C)C/C=C(\C)[C@@H](OC)CC[C@@H](C)[C@@H](O)[C@@H]1C)N(C)C. The molecule has 0 aromatic heterocycles. The summed E-state index contributed by atoms with van der Waals surface area (Å²) in [4.78, 5) is 58.5. The van der Waals surface area contributed by atoms with Gasteiger partial charge in [-0.3, -0.25) is 24.2 Å². The van der Waals surface area contributed by atoms with Gasteiger partial charge >= 0.3 is 23.9 Å². The first kappa shape index (κ1) is 69.1. The van der Waals surface area contributed by atoms with Crippen LogP contribution in [0.15, 0.2) is 60.4 Å². The molecule has 16 heteroatoms.